The van der Waals surface area contributed by atoms with Crippen molar-refractivity contribution in [3.63, 3.8) is 0 Å². The number of nitrogens with one attached hydrogen (secondary N) is 1. The fourth-order valence-corrected chi connectivity index (χ4v) is 2.76. The Bertz CT molecular complexity index is 258. The van der Waals surface area contributed by atoms with E-state index in [9.17, 15) is 4.79 Å². The molecule has 3 N–H and O–H groups in total. The molecule has 4 heteroatoms. The number of nitrogens with zero attached hydrogens (tertiary/aromatic N) is 1. The second-order valence-electron chi connectivity index (χ2n) is 5.80. The summed E-state index contributed by atoms with van der Waals surface area (Å²) in [6.07, 6.45) is 5.18. The van der Waals surface area contributed by atoms with Crippen molar-refractivity contribution in [1.29, 1.82) is 0 Å². The molecule has 1 atom stereocenters. The molecule has 1 heterocycles. The molecule has 1 aliphatic rings. The topological polar surface area (TPSA) is 58.4 Å². The summed E-state index contributed by atoms with van der Waals surface area (Å²) in [5.74, 6) is 0.896. The van der Waals surface area contributed by atoms with Gasteiger partial charge in [0.25, 0.3) is 0 Å². The average Bonchev–Trinajstić information content (AvgIpc) is 2.36. The third-order valence-electron chi connectivity index (χ3n) is 3.96. The van der Waals surface area contributed by atoms with Crippen LogP contribution in [0.15, 0.2) is 0 Å². The van der Waals surface area contributed by atoms with E-state index in [-0.39, 0.29) is 5.91 Å². The van der Waals surface area contributed by atoms with E-state index in [1.807, 2.05) is 18.9 Å². The molecular formula is C14H29N3O. The summed E-state index contributed by atoms with van der Waals surface area (Å²) < 4.78 is 0. The minimum atomic E-state index is -0.674. The van der Waals surface area contributed by atoms with Crippen molar-refractivity contribution >= 4 is 5.91 Å². The van der Waals surface area contributed by atoms with Crippen LogP contribution in [0.5, 0.6) is 0 Å². The highest BCUT2D eigenvalue weighted by molar-refractivity contribution is 5.85. The van der Waals surface area contributed by atoms with Crippen LogP contribution in [0.3, 0.4) is 0 Å². The largest absolute Gasteiger partial charge is 0.341 e. The fourth-order valence-electron chi connectivity index (χ4n) is 2.76. The Balaban J connectivity index is 2.40. The van der Waals surface area contributed by atoms with E-state index in [0.29, 0.717) is 0 Å². The van der Waals surface area contributed by atoms with Crippen LogP contribution < -0.4 is 11.1 Å². The molecule has 0 radical (unpaired) electrons. The Kier molecular flexibility index (Phi) is 6.09. The maximum Gasteiger partial charge on any atom is 0.242 e. The van der Waals surface area contributed by atoms with Crippen LogP contribution >= 0.6 is 0 Å². The van der Waals surface area contributed by atoms with E-state index in [0.717, 1.165) is 51.2 Å². The first-order valence-electron chi connectivity index (χ1n) is 7.24. The molecule has 1 fully saturated rings. The summed E-state index contributed by atoms with van der Waals surface area (Å²) >= 11 is 0. The van der Waals surface area contributed by atoms with E-state index in [1.165, 1.54) is 6.42 Å². The number of likely N-dealkylation sites (tertiary alicyclic amines) is 1. The molecule has 18 heavy (non-hydrogen) atoms. The van der Waals surface area contributed by atoms with Gasteiger partial charge >= 0.3 is 0 Å². The minimum absolute atomic E-state index is 0.136. The van der Waals surface area contributed by atoms with Crippen LogP contribution in [0.1, 0.15) is 46.0 Å². The van der Waals surface area contributed by atoms with Gasteiger partial charge in [-0.2, -0.15) is 0 Å². The highest BCUT2D eigenvalue weighted by Gasteiger charge is 2.33. The number of piperidine rings is 1. The number of carbonyl (C=O) groups excluding carboxylic acids is 1. The number of carbonyl (C=O) groups is 1. The second kappa shape index (κ2) is 7.10. The summed E-state index contributed by atoms with van der Waals surface area (Å²) in [5.41, 5.74) is 5.44. The lowest BCUT2D eigenvalue weighted by atomic mass is 9.90. The quantitative estimate of drug-likeness (QED) is 0.753. The van der Waals surface area contributed by atoms with Gasteiger partial charge in [-0.1, -0.05) is 13.3 Å². The lowest BCUT2D eigenvalue weighted by molar-refractivity contribution is -0.138. The molecule has 0 aromatic carbocycles. The molecule has 106 valence electrons. The first-order valence-corrected chi connectivity index (χ1v) is 7.24. The predicted molar refractivity (Wildman–Crippen MR) is 75.3 cm³/mol. The normalized spacial score (nSPS) is 20.8. The summed E-state index contributed by atoms with van der Waals surface area (Å²) in [6, 6.07) is 0. The van der Waals surface area contributed by atoms with Crippen molar-refractivity contribution in [3.05, 3.63) is 0 Å². The highest BCUT2D eigenvalue weighted by atomic mass is 16.2. The van der Waals surface area contributed by atoms with Crippen LogP contribution in [-0.4, -0.2) is 43.0 Å². The fraction of sp³-hybridized carbons (Fsp3) is 0.929. The lowest BCUT2D eigenvalue weighted by Gasteiger charge is -2.37. The van der Waals surface area contributed by atoms with Crippen LogP contribution in [0.4, 0.5) is 0 Å². The maximum atomic E-state index is 12.3. The summed E-state index contributed by atoms with van der Waals surface area (Å²) in [4.78, 5) is 14.3. The summed E-state index contributed by atoms with van der Waals surface area (Å²) in [5, 5.41) is 3.19. The van der Waals surface area contributed by atoms with Crippen LogP contribution in [0.25, 0.3) is 0 Å². The van der Waals surface area contributed by atoms with Gasteiger partial charge in [0.15, 0.2) is 0 Å². The predicted octanol–water partition coefficient (Wildman–Crippen LogP) is 1.35. The number of nitrogens with two attached hydrogens (primary N) is 1. The van der Waals surface area contributed by atoms with Crippen molar-refractivity contribution in [2.75, 3.05) is 26.7 Å². The van der Waals surface area contributed by atoms with Crippen LogP contribution in [0, 0.1) is 5.92 Å². The first kappa shape index (κ1) is 15.4. The summed E-state index contributed by atoms with van der Waals surface area (Å²) in [7, 11) is 1.99. The van der Waals surface area contributed by atoms with Crippen LogP contribution in [0.2, 0.25) is 0 Å². The van der Waals surface area contributed by atoms with E-state index in [4.69, 9.17) is 5.73 Å². The molecule has 0 spiro atoms. The monoisotopic (exact) mass is 255 g/mol. The average molecular weight is 255 g/mol. The number of hydrogen-bond acceptors (Lipinski definition) is 3. The lowest BCUT2D eigenvalue weighted by Crippen LogP contribution is -2.55. The van der Waals surface area contributed by atoms with Gasteiger partial charge in [-0.15, -0.1) is 0 Å². The van der Waals surface area contributed by atoms with Crippen molar-refractivity contribution in [2.24, 2.45) is 11.7 Å². The van der Waals surface area contributed by atoms with Gasteiger partial charge in [0.05, 0.1) is 5.54 Å². The molecule has 0 bridgehead atoms. The molecular weight excluding hydrogens is 226 g/mol. The third-order valence-corrected chi connectivity index (χ3v) is 3.96. The first-order chi connectivity index (χ1) is 8.51. The molecule has 1 aliphatic heterocycles. The highest BCUT2D eigenvalue weighted by Crippen LogP contribution is 2.22. The number of amides is 1. The molecule has 0 aromatic heterocycles. The van der Waals surface area contributed by atoms with E-state index >= 15 is 0 Å². The Morgan fingerprint density at radius 2 is 2.06 bits per heavy atom. The van der Waals surface area contributed by atoms with E-state index in [1.54, 1.807) is 0 Å². The maximum absolute atomic E-state index is 12.3. The van der Waals surface area contributed by atoms with Gasteiger partial charge in [-0.05, 0) is 52.1 Å². The molecule has 1 unspecified atom stereocenters. The van der Waals surface area contributed by atoms with Gasteiger partial charge in [0, 0.05) is 13.1 Å². The Morgan fingerprint density at radius 1 is 1.44 bits per heavy atom. The summed E-state index contributed by atoms with van der Waals surface area (Å²) in [6.45, 7) is 6.77. The number of rotatable bonds is 6. The van der Waals surface area contributed by atoms with Crippen molar-refractivity contribution in [3.8, 4) is 0 Å². The zero-order valence-corrected chi connectivity index (χ0v) is 12.2. The van der Waals surface area contributed by atoms with Gasteiger partial charge in [-0.3, -0.25) is 4.79 Å². The second-order valence-corrected chi connectivity index (χ2v) is 5.80. The van der Waals surface area contributed by atoms with E-state index < -0.39 is 5.54 Å². The smallest absolute Gasteiger partial charge is 0.242 e. The minimum Gasteiger partial charge on any atom is -0.341 e. The Hall–Kier alpha value is -0.610. The molecule has 0 aliphatic carbocycles. The molecule has 4 nitrogen and oxygen atoms in total. The molecule has 0 saturated carbocycles. The SMILES string of the molecule is CCCC(C)(N)C(=O)N1CCC(CCNC)CC1. The van der Waals surface area contributed by atoms with Crippen LogP contribution in [-0.2, 0) is 4.79 Å². The van der Waals surface area contributed by atoms with Gasteiger partial charge in [-0.25, -0.2) is 0 Å². The van der Waals surface area contributed by atoms with Gasteiger partial charge in [0.2, 0.25) is 5.91 Å². The van der Waals surface area contributed by atoms with Crippen molar-refractivity contribution in [2.45, 2.75) is 51.5 Å². The molecule has 0 aromatic rings. The zero-order valence-electron chi connectivity index (χ0n) is 12.2. The standard InChI is InChI=1S/C14H29N3O/c1-4-8-14(2,15)13(18)17-10-6-12(7-11-17)5-9-16-3/h12,16H,4-11,15H2,1-3H3. The third kappa shape index (κ3) is 4.25. The van der Waals surface area contributed by atoms with Crippen molar-refractivity contribution in [1.82, 2.24) is 10.2 Å². The molecule has 1 saturated heterocycles. The van der Waals surface area contributed by atoms with Gasteiger partial charge < -0.3 is 16.0 Å². The molecule has 1 rings (SSSR count). The Labute approximate surface area is 111 Å². The molecule has 1 amide bonds. The van der Waals surface area contributed by atoms with E-state index in [2.05, 4.69) is 12.2 Å². The number of hydrogen-bond donors (Lipinski definition) is 2. The zero-order chi connectivity index (χ0) is 13.6. The Morgan fingerprint density at radius 3 is 2.56 bits per heavy atom. The van der Waals surface area contributed by atoms with Gasteiger partial charge in [0.1, 0.15) is 0 Å². The van der Waals surface area contributed by atoms with Crippen molar-refractivity contribution < 1.29 is 4.79 Å².